The zero-order valence-corrected chi connectivity index (χ0v) is 12.1. The summed E-state index contributed by atoms with van der Waals surface area (Å²) in [5, 5.41) is 14.9. The van der Waals surface area contributed by atoms with Crippen LogP contribution in [0.1, 0.15) is 42.7 Å². The van der Waals surface area contributed by atoms with Gasteiger partial charge in [0.05, 0.1) is 5.69 Å². The van der Waals surface area contributed by atoms with Gasteiger partial charge in [-0.1, -0.05) is 31.5 Å². The van der Waals surface area contributed by atoms with Crippen LogP contribution < -0.4 is 0 Å². The van der Waals surface area contributed by atoms with Gasteiger partial charge in [-0.25, -0.2) is 8.78 Å². The van der Waals surface area contributed by atoms with E-state index in [-0.39, 0.29) is 16.6 Å². The molecule has 2 aromatic rings. The second-order valence-electron chi connectivity index (χ2n) is 4.94. The molecule has 0 aliphatic heterocycles. The van der Waals surface area contributed by atoms with Gasteiger partial charge in [0, 0.05) is 12.6 Å². The molecule has 108 valence electrons. The molecule has 0 saturated heterocycles. The van der Waals surface area contributed by atoms with Crippen molar-refractivity contribution in [1.29, 1.82) is 0 Å². The number of halogens is 3. The third-order valence-electron chi connectivity index (χ3n) is 3.12. The molecule has 0 amide bonds. The molecule has 0 fully saturated rings. The molecule has 0 aliphatic carbocycles. The van der Waals surface area contributed by atoms with Crippen LogP contribution in [0.4, 0.5) is 8.78 Å². The van der Waals surface area contributed by atoms with Crippen LogP contribution in [-0.4, -0.2) is 14.9 Å². The first-order valence-corrected chi connectivity index (χ1v) is 6.56. The molecule has 1 N–H and O–H groups in total. The molecule has 0 bridgehead atoms. The van der Waals surface area contributed by atoms with Crippen molar-refractivity contribution in [3.05, 3.63) is 51.8 Å². The molecule has 1 aromatic carbocycles. The topological polar surface area (TPSA) is 38.0 Å². The zero-order chi connectivity index (χ0) is 15.0. The van der Waals surface area contributed by atoms with Crippen molar-refractivity contribution in [2.75, 3.05) is 0 Å². The van der Waals surface area contributed by atoms with Gasteiger partial charge in [0.1, 0.15) is 11.3 Å². The molecule has 20 heavy (non-hydrogen) atoms. The SMILES string of the molecule is CC(C)c1nn(C)c(Cl)c1C(O)c1ccc(F)c(F)c1. The first kappa shape index (κ1) is 14.9. The van der Waals surface area contributed by atoms with Crippen molar-refractivity contribution < 1.29 is 13.9 Å². The van der Waals surface area contributed by atoms with Crippen molar-refractivity contribution >= 4 is 11.6 Å². The lowest BCUT2D eigenvalue weighted by Gasteiger charge is -2.14. The Bertz CT molecular complexity index is 640. The summed E-state index contributed by atoms with van der Waals surface area (Å²) in [5.41, 5.74) is 1.30. The van der Waals surface area contributed by atoms with Gasteiger partial charge < -0.3 is 5.11 Å². The minimum absolute atomic E-state index is 0.0450. The van der Waals surface area contributed by atoms with Gasteiger partial charge in [-0.05, 0) is 23.6 Å². The third-order valence-corrected chi connectivity index (χ3v) is 3.57. The van der Waals surface area contributed by atoms with Gasteiger partial charge in [0.25, 0.3) is 0 Å². The summed E-state index contributed by atoms with van der Waals surface area (Å²) >= 11 is 6.15. The van der Waals surface area contributed by atoms with E-state index in [1.165, 1.54) is 10.7 Å². The molecule has 3 nitrogen and oxygen atoms in total. The van der Waals surface area contributed by atoms with Gasteiger partial charge in [0.15, 0.2) is 11.6 Å². The normalized spacial score (nSPS) is 13.0. The van der Waals surface area contributed by atoms with Gasteiger partial charge in [-0.2, -0.15) is 5.10 Å². The minimum Gasteiger partial charge on any atom is -0.383 e. The Balaban J connectivity index is 2.52. The van der Waals surface area contributed by atoms with E-state index in [4.69, 9.17) is 11.6 Å². The summed E-state index contributed by atoms with van der Waals surface area (Å²) in [7, 11) is 1.66. The van der Waals surface area contributed by atoms with Crippen LogP contribution in [0.2, 0.25) is 5.15 Å². The summed E-state index contributed by atoms with van der Waals surface area (Å²) in [4.78, 5) is 0. The highest BCUT2D eigenvalue weighted by atomic mass is 35.5. The molecule has 0 saturated carbocycles. The van der Waals surface area contributed by atoms with Crippen molar-refractivity contribution in [3.63, 3.8) is 0 Å². The second-order valence-corrected chi connectivity index (χ2v) is 5.30. The van der Waals surface area contributed by atoms with Crippen LogP contribution >= 0.6 is 11.6 Å². The van der Waals surface area contributed by atoms with Crippen LogP contribution in [0.25, 0.3) is 0 Å². The summed E-state index contributed by atoms with van der Waals surface area (Å²) in [6, 6.07) is 3.27. The van der Waals surface area contributed by atoms with Gasteiger partial charge in [0.2, 0.25) is 0 Å². The van der Waals surface area contributed by atoms with E-state index in [2.05, 4.69) is 5.10 Å². The van der Waals surface area contributed by atoms with Gasteiger partial charge >= 0.3 is 0 Å². The Morgan fingerprint density at radius 1 is 1.25 bits per heavy atom. The zero-order valence-electron chi connectivity index (χ0n) is 11.4. The maximum atomic E-state index is 13.3. The van der Waals surface area contributed by atoms with E-state index >= 15 is 0 Å². The predicted octanol–water partition coefficient (Wildman–Crippen LogP) is 3.56. The minimum atomic E-state index is -1.15. The van der Waals surface area contributed by atoms with Gasteiger partial charge in [-0.15, -0.1) is 0 Å². The molecule has 2 rings (SSSR count). The average Bonchev–Trinajstić information content (AvgIpc) is 2.69. The number of benzene rings is 1. The van der Waals surface area contributed by atoms with E-state index in [1.807, 2.05) is 13.8 Å². The molecular weight excluding hydrogens is 286 g/mol. The van der Waals surface area contributed by atoms with Crippen LogP contribution in [0.5, 0.6) is 0 Å². The number of aliphatic hydroxyl groups is 1. The number of hydrogen-bond donors (Lipinski definition) is 1. The fraction of sp³-hybridized carbons (Fsp3) is 0.357. The number of hydrogen-bond acceptors (Lipinski definition) is 2. The average molecular weight is 301 g/mol. The number of aliphatic hydroxyl groups excluding tert-OH is 1. The first-order chi connectivity index (χ1) is 9.32. The van der Waals surface area contributed by atoms with Crippen molar-refractivity contribution in [2.24, 2.45) is 7.05 Å². The Kier molecular flexibility index (Phi) is 4.11. The van der Waals surface area contributed by atoms with Crippen LogP contribution in [0.15, 0.2) is 18.2 Å². The van der Waals surface area contributed by atoms with E-state index < -0.39 is 17.7 Å². The van der Waals surface area contributed by atoms with E-state index in [9.17, 15) is 13.9 Å². The highest BCUT2D eigenvalue weighted by Gasteiger charge is 2.25. The standard InChI is InChI=1S/C14H15ClF2N2O/c1-7(2)12-11(14(15)19(3)18-12)13(20)8-4-5-9(16)10(17)6-8/h4-7,13,20H,1-3H3. The highest BCUT2D eigenvalue weighted by molar-refractivity contribution is 6.30. The third kappa shape index (κ3) is 2.55. The largest absolute Gasteiger partial charge is 0.383 e. The maximum Gasteiger partial charge on any atom is 0.159 e. The van der Waals surface area contributed by atoms with Gasteiger partial charge in [-0.3, -0.25) is 4.68 Å². The Morgan fingerprint density at radius 3 is 2.45 bits per heavy atom. The smallest absolute Gasteiger partial charge is 0.159 e. The first-order valence-electron chi connectivity index (χ1n) is 6.18. The van der Waals surface area contributed by atoms with Crippen LogP contribution in [0, 0.1) is 11.6 Å². The Morgan fingerprint density at radius 2 is 1.90 bits per heavy atom. The van der Waals surface area contributed by atoms with Crippen LogP contribution in [0.3, 0.4) is 0 Å². The molecule has 1 heterocycles. The fourth-order valence-corrected chi connectivity index (χ4v) is 2.31. The second kappa shape index (κ2) is 5.50. The molecule has 1 atom stereocenters. The van der Waals surface area contributed by atoms with Crippen molar-refractivity contribution in [2.45, 2.75) is 25.9 Å². The molecule has 1 unspecified atom stereocenters. The fourth-order valence-electron chi connectivity index (χ4n) is 2.07. The maximum absolute atomic E-state index is 13.3. The number of nitrogens with zero attached hydrogens (tertiary/aromatic N) is 2. The number of aryl methyl sites for hydroxylation is 1. The molecule has 0 radical (unpaired) electrons. The number of rotatable bonds is 3. The summed E-state index contributed by atoms with van der Waals surface area (Å²) in [6.45, 7) is 3.83. The van der Waals surface area contributed by atoms with Crippen LogP contribution in [-0.2, 0) is 7.05 Å². The lowest BCUT2D eigenvalue weighted by molar-refractivity contribution is 0.218. The molecule has 6 heteroatoms. The predicted molar refractivity (Wildman–Crippen MR) is 72.7 cm³/mol. The summed E-state index contributed by atoms with van der Waals surface area (Å²) in [6.07, 6.45) is -1.15. The summed E-state index contributed by atoms with van der Waals surface area (Å²) in [5.74, 6) is -1.92. The van der Waals surface area contributed by atoms with Crippen molar-refractivity contribution in [1.82, 2.24) is 9.78 Å². The molecular formula is C14H15ClF2N2O. The van der Waals surface area contributed by atoms with E-state index in [1.54, 1.807) is 7.05 Å². The lowest BCUT2D eigenvalue weighted by atomic mass is 9.97. The van der Waals surface area contributed by atoms with E-state index in [0.29, 0.717) is 11.3 Å². The monoisotopic (exact) mass is 300 g/mol. The highest BCUT2D eigenvalue weighted by Crippen LogP contribution is 2.34. The lowest BCUT2D eigenvalue weighted by Crippen LogP contribution is -2.05. The Labute approximate surface area is 120 Å². The van der Waals surface area contributed by atoms with Crippen molar-refractivity contribution in [3.8, 4) is 0 Å². The van der Waals surface area contributed by atoms with E-state index in [0.717, 1.165) is 12.1 Å². The Hall–Kier alpha value is -1.46. The summed E-state index contributed by atoms with van der Waals surface area (Å²) < 4.78 is 27.7. The molecule has 0 aliphatic rings. The quantitative estimate of drug-likeness (QED) is 0.941. The molecule has 0 spiro atoms. The number of aromatic nitrogens is 2. The molecule has 1 aromatic heterocycles.